The number of aromatic nitrogens is 2. The van der Waals surface area contributed by atoms with Crippen molar-refractivity contribution in [3.63, 3.8) is 0 Å². The van der Waals surface area contributed by atoms with Crippen LogP contribution in [0, 0.1) is 13.8 Å². The first-order chi connectivity index (χ1) is 8.38. The molecule has 0 spiro atoms. The summed E-state index contributed by atoms with van der Waals surface area (Å²) in [7, 11) is 0. The largest absolute Gasteiger partial charge is 0.314 e. The van der Waals surface area contributed by atoms with E-state index in [0.717, 1.165) is 13.0 Å². The number of nitrogens with zero attached hydrogens (tertiary/aromatic N) is 2. The predicted molar refractivity (Wildman–Crippen MR) is 78.3 cm³/mol. The van der Waals surface area contributed by atoms with E-state index in [-0.39, 0.29) is 0 Å². The Bertz CT molecular complexity index is 379. The smallest absolute Gasteiger partial charge is 0.0631 e. The van der Waals surface area contributed by atoms with Crippen molar-refractivity contribution < 1.29 is 0 Å². The van der Waals surface area contributed by atoms with Crippen molar-refractivity contribution in [2.75, 3.05) is 6.54 Å². The number of nitrogens with one attached hydrogen (secondary N) is 1. The zero-order valence-electron chi connectivity index (χ0n) is 13.0. The van der Waals surface area contributed by atoms with Gasteiger partial charge in [0.15, 0.2) is 0 Å². The Kier molecular flexibility index (Phi) is 5.39. The molecule has 1 rings (SSSR count). The highest BCUT2D eigenvalue weighted by Crippen LogP contribution is 2.25. The first-order valence-corrected chi connectivity index (χ1v) is 7.17. The molecule has 1 N–H and O–H groups in total. The van der Waals surface area contributed by atoms with Gasteiger partial charge in [-0.25, -0.2) is 0 Å². The molecule has 3 heteroatoms. The third kappa shape index (κ3) is 3.35. The minimum absolute atomic E-state index is 0.489. The van der Waals surface area contributed by atoms with Crippen LogP contribution < -0.4 is 5.32 Å². The van der Waals surface area contributed by atoms with Crippen molar-refractivity contribution in [2.45, 2.75) is 72.9 Å². The highest BCUT2D eigenvalue weighted by atomic mass is 15.3. The van der Waals surface area contributed by atoms with Gasteiger partial charge in [-0.2, -0.15) is 5.10 Å². The first-order valence-electron chi connectivity index (χ1n) is 7.17. The van der Waals surface area contributed by atoms with E-state index in [1.165, 1.54) is 17.0 Å². The molecule has 1 aromatic rings. The minimum Gasteiger partial charge on any atom is -0.314 e. The fourth-order valence-electron chi connectivity index (χ4n) is 2.51. The van der Waals surface area contributed by atoms with Gasteiger partial charge in [-0.05, 0) is 33.1 Å². The third-order valence-electron chi connectivity index (χ3n) is 3.71. The van der Waals surface area contributed by atoms with E-state index in [1.54, 1.807) is 0 Å². The Morgan fingerprint density at radius 2 is 1.78 bits per heavy atom. The van der Waals surface area contributed by atoms with Crippen LogP contribution in [0.1, 0.15) is 70.0 Å². The van der Waals surface area contributed by atoms with Crippen LogP contribution in [0.25, 0.3) is 0 Å². The summed E-state index contributed by atoms with van der Waals surface area (Å²) < 4.78 is 2.19. The van der Waals surface area contributed by atoms with Crippen LogP contribution in [0.3, 0.4) is 0 Å². The van der Waals surface area contributed by atoms with Crippen molar-refractivity contribution in [3.8, 4) is 0 Å². The second-order valence-electron chi connectivity index (χ2n) is 5.75. The summed E-state index contributed by atoms with van der Waals surface area (Å²) >= 11 is 0. The maximum Gasteiger partial charge on any atom is 0.0631 e. The van der Waals surface area contributed by atoms with Crippen LogP contribution in [-0.4, -0.2) is 22.4 Å². The molecule has 1 heterocycles. The van der Waals surface area contributed by atoms with Gasteiger partial charge < -0.3 is 5.32 Å². The molecule has 1 aromatic heterocycles. The fraction of sp³-hybridized carbons (Fsp3) is 0.800. The molecule has 0 radical (unpaired) electrons. The summed E-state index contributed by atoms with van der Waals surface area (Å²) in [6.07, 6.45) is 1.13. The van der Waals surface area contributed by atoms with Crippen molar-refractivity contribution in [3.05, 3.63) is 17.0 Å². The average molecular weight is 251 g/mol. The van der Waals surface area contributed by atoms with Gasteiger partial charge in [-0.1, -0.05) is 27.7 Å². The van der Waals surface area contributed by atoms with E-state index in [2.05, 4.69) is 58.5 Å². The molecule has 0 aliphatic heterocycles. The number of hydrogen-bond donors (Lipinski definition) is 1. The molecule has 0 aliphatic rings. The molecule has 0 amide bonds. The van der Waals surface area contributed by atoms with Crippen LogP contribution in [0.2, 0.25) is 0 Å². The quantitative estimate of drug-likeness (QED) is 0.837. The van der Waals surface area contributed by atoms with Crippen molar-refractivity contribution in [1.82, 2.24) is 15.1 Å². The van der Waals surface area contributed by atoms with Crippen LogP contribution in [0.4, 0.5) is 0 Å². The lowest BCUT2D eigenvalue weighted by molar-refractivity contribution is 0.464. The fourth-order valence-corrected chi connectivity index (χ4v) is 2.51. The Labute approximate surface area is 112 Å². The minimum atomic E-state index is 0.489. The lowest BCUT2D eigenvalue weighted by atomic mass is 9.98. The van der Waals surface area contributed by atoms with E-state index in [9.17, 15) is 0 Å². The molecule has 0 aromatic carbocycles. The van der Waals surface area contributed by atoms with Gasteiger partial charge in [0.05, 0.1) is 5.69 Å². The molecule has 0 saturated heterocycles. The molecule has 104 valence electrons. The van der Waals surface area contributed by atoms with Crippen LogP contribution in [0.5, 0.6) is 0 Å². The molecule has 0 saturated carbocycles. The Hall–Kier alpha value is -0.830. The van der Waals surface area contributed by atoms with Crippen molar-refractivity contribution in [2.24, 2.45) is 0 Å². The number of aryl methyl sites for hydroxylation is 1. The summed E-state index contributed by atoms with van der Waals surface area (Å²) in [6, 6.07) is 1.03. The average Bonchev–Trinajstić information content (AvgIpc) is 2.61. The maximum absolute atomic E-state index is 4.72. The molecular weight excluding hydrogens is 222 g/mol. The monoisotopic (exact) mass is 251 g/mol. The molecule has 18 heavy (non-hydrogen) atoms. The highest BCUT2D eigenvalue weighted by Gasteiger charge is 2.19. The predicted octanol–water partition coefficient (Wildman–Crippen LogP) is 3.57. The van der Waals surface area contributed by atoms with Gasteiger partial charge in [0.2, 0.25) is 0 Å². The topological polar surface area (TPSA) is 29.9 Å². The normalized spacial score (nSPS) is 15.1. The summed E-state index contributed by atoms with van der Waals surface area (Å²) in [5, 5.41) is 8.23. The van der Waals surface area contributed by atoms with Crippen molar-refractivity contribution in [1.29, 1.82) is 0 Å². The molecule has 0 bridgehead atoms. The SMILES string of the molecule is CCC(C)n1nc(C)c(C(C)CNC(C)C)c1C. The van der Waals surface area contributed by atoms with Gasteiger partial charge in [0, 0.05) is 29.9 Å². The third-order valence-corrected chi connectivity index (χ3v) is 3.71. The zero-order valence-corrected chi connectivity index (χ0v) is 13.0. The summed E-state index contributed by atoms with van der Waals surface area (Å²) in [5.41, 5.74) is 3.94. The summed E-state index contributed by atoms with van der Waals surface area (Å²) in [4.78, 5) is 0. The molecule has 0 aliphatic carbocycles. The van der Waals surface area contributed by atoms with Crippen LogP contribution in [-0.2, 0) is 0 Å². The van der Waals surface area contributed by atoms with E-state index in [4.69, 9.17) is 5.10 Å². The molecule has 3 nitrogen and oxygen atoms in total. The van der Waals surface area contributed by atoms with Crippen molar-refractivity contribution >= 4 is 0 Å². The van der Waals surface area contributed by atoms with Gasteiger partial charge in [0.1, 0.15) is 0 Å². The van der Waals surface area contributed by atoms with E-state index in [1.807, 2.05) is 0 Å². The first kappa shape index (κ1) is 15.2. The second kappa shape index (κ2) is 6.37. The zero-order chi connectivity index (χ0) is 13.9. The molecule has 0 fully saturated rings. The van der Waals surface area contributed by atoms with Gasteiger partial charge in [-0.3, -0.25) is 4.68 Å². The van der Waals surface area contributed by atoms with E-state index >= 15 is 0 Å². The van der Waals surface area contributed by atoms with Gasteiger partial charge >= 0.3 is 0 Å². The number of rotatable bonds is 6. The summed E-state index contributed by atoms with van der Waals surface area (Å²) in [5.74, 6) is 0.519. The summed E-state index contributed by atoms with van der Waals surface area (Å²) in [6.45, 7) is 16.5. The standard InChI is InChI=1S/C15H29N3/c1-8-12(5)18-14(7)15(13(6)17-18)11(4)9-16-10(2)3/h10-12,16H,8-9H2,1-7H3. The Morgan fingerprint density at radius 3 is 2.28 bits per heavy atom. The van der Waals surface area contributed by atoms with Gasteiger partial charge in [0.25, 0.3) is 0 Å². The van der Waals surface area contributed by atoms with E-state index in [0.29, 0.717) is 18.0 Å². The number of hydrogen-bond acceptors (Lipinski definition) is 2. The molecule has 2 atom stereocenters. The maximum atomic E-state index is 4.72. The molecule has 2 unspecified atom stereocenters. The van der Waals surface area contributed by atoms with Gasteiger partial charge in [-0.15, -0.1) is 0 Å². The van der Waals surface area contributed by atoms with Crippen LogP contribution in [0.15, 0.2) is 0 Å². The molecular formula is C15H29N3. The van der Waals surface area contributed by atoms with E-state index < -0.39 is 0 Å². The Morgan fingerprint density at radius 1 is 1.17 bits per heavy atom. The lowest BCUT2D eigenvalue weighted by Crippen LogP contribution is -2.27. The second-order valence-corrected chi connectivity index (χ2v) is 5.75. The van der Waals surface area contributed by atoms with Crippen LogP contribution >= 0.6 is 0 Å². The Balaban J connectivity index is 2.91. The highest BCUT2D eigenvalue weighted by molar-refractivity contribution is 5.29. The lowest BCUT2D eigenvalue weighted by Gasteiger charge is -2.17.